The largest absolute Gasteiger partial charge is 0.540 e. The number of hydrogen-bond acceptors (Lipinski definition) is 10. The SMILES string of the molecule is [C-]#[N+]C([N+]#[C-])=C1Sc2c(c([N+](=O)[O-])c3c(c2[N+](=O)[O-])SC(=C(C#N)C#N)S3)S1. The van der Waals surface area contributed by atoms with Gasteiger partial charge in [0.1, 0.15) is 54.7 Å². The van der Waals surface area contributed by atoms with Crippen LogP contribution in [-0.4, -0.2) is 9.85 Å². The predicted molar refractivity (Wildman–Crippen MR) is 102 cm³/mol. The van der Waals surface area contributed by atoms with E-state index < -0.39 is 21.2 Å². The van der Waals surface area contributed by atoms with Gasteiger partial charge < -0.3 is 0 Å². The van der Waals surface area contributed by atoms with E-state index in [1.807, 2.05) is 0 Å². The van der Waals surface area contributed by atoms with Gasteiger partial charge in [-0.1, -0.05) is 47.0 Å². The van der Waals surface area contributed by atoms with E-state index in [9.17, 15) is 20.2 Å². The number of nitriles is 2. The molecule has 134 valence electrons. The highest BCUT2D eigenvalue weighted by atomic mass is 32.2. The van der Waals surface area contributed by atoms with Gasteiger partial charge in [0.25, 0.3) is 11.4 Å². The molecule has 1 aromatic rings. The van der Waals surface area contributed by atoms with Crippen LogP contribution in [0.1, 0.15) is 0 Å². The molecule has 2 aliphatic rings. The Morgan fingerprint density at radius 1 is 0.821 bits per heavy atom. The van der Waals surface area contributed by atoms with Gasteiger partial charge in [-0.05, 0) is 0 Å². The molecule has 0 saturated carbocycles. The fraction of sp³-hybridized carbons (Fsp3) is 0. The molecule has 0 N–H and O–H groups in total. The topological polar surface area (TPSA) is 143 Å². The van der Waals surface area contributed by atoms with E-state index in [0.717, 1.165) is 47.0 Å². The van der Waals surface area contributed by atoms with E-state index >= 15 is 0 Å². The smallest absolute Gasteiger partial charge is 0.258 e. The van der Waals surface area contributed by atoms with Crippen LogP contribution in [0, 0.1) is 56.0 Å². The Bertz CT molecular complexity index is 1060. The lowest BCUT2D eigenvalue weighted by molar-refractivity contribution is -0.398. The lowest BCUT2D eigenvalue weighted by Crippen LogP contribution is -1.99. The molecule has 2 aliphatic heterocycles. The van der Waals surface area contributed by atoms with E-state index in [0.29, 0.717) is 0 Å². The second-order valence-electron chi connectivity index (χ2n) is 4.66. The van der Waals surface area contributed by atoms with Crippen molar-refractivity contribution in [3.63, 3.8) is 0 Å². The van der Waals surface area contributed by atoms with Crippen LogP contribution in [0.2, 0.25) is 0 Å². The molecule has 2 heterocycles. The van der Waals surface area contributed by atoms with E-state index in [1.165, 1.54) is 0 Å². The molecule has 0 atom stereocenters. The van der Waals surface area contributed by atoms with Crippen LogP contribution in [-0.2, 0) is 0 Å². The summed E-state index contributed by atoms with van der Waals surface area (Å²) in [6.07, 6.45) is 0. The zero-order chi connectivity index (χ0) is 20.6. The molecule has 28 heavy (non-hydrogen) atoms. The predicted octanol–water partition coefficient (Wildman–Crippen LogP) is 5.12. The number of nitrogens with zero attached hydrogens (tertiary/aromatic N) is 6. The van der Waals surface area contributed by atoms with Crippen molar-refractivity contribution < 1.29 is 9.85 Å². The molecule has 3 rings (SSSR count). The molecule has 0 saturated heterocycles. The lowest BCUT2D eigenvalue weighted by Gasteiger charge is -2.05. The van der Waals surface area contributed by atoms with Crippen LogP contribution in [0.15, 0.2) is 39.5 Å². The molecule has 0 fully saturated rings. The van der Waals surface area contributed by atoms with Crippen molar-refractivity contribution in [2.45, 2.75) is 19.6 Å². The molecular weight excluding hydrogens is 444 g/mol. The van der Waals surface area contributed by atoms with Crippen molar-refractivity contribution in [2.24, 2.45) is 0 Å². The minimum absolute atomic E-state index is 0.0231. The van der Waals surface area contributed by atoms with Crippen molar-refractivity contribution >= 4 is 58.4 Å². The Hall–Kier alpha value is -3.14. The number of hydrogen-bond donors (Lipinski definition) is 0. The molecule has 1 aromatic carbocycles. The Labute approximate surface area is 173 Å². The van der Waals surface area contributed by atoms with Crippen molar-refractivity contribution in [1.29, 1.82) is 10.5 Å². The summed E-state index contributed by atoms with van der Waals surface area (Å²) < 4.78 is 0.263. The second-order valence-corrected chi connectivity index (χ2v) is 9.26. The van der Waals surface area contributed by atoms with Crippen LogP contribution >= 0.6 is 47.0 Å². The third kappa shape index (κ3) is 2.95. The summed E-state index contributed by atoms with van der Waals surface area (Å²) in [6, 6.07) is 3.35. The number of fused-ring (bicyclic) bond motifs is 2. The van der Waals surface area contributed by atoms with E-state index in [-0.39, 0.29) is 39.5 Å². The maximum Gasteiger partial charge on any atom is 0.540 e. The highest BCUT2D eigenvalue weighted by Gasteiger charge is 2.46. The minimum atomic E-state index is -0.692. The van der Waals surface area contributed by atoms with Crippen LogP contribution < -0.4 is 0 Å². The number of allylic oxidation sites excluding steroid dienone is 1. The van der Waals surface area contributed by atoms with Gasteiger partial charge in [-0.3, -0.25) is 20.2 Å². The van der Waals surface area contributed by atoms with Crippen LogP contribution in [0.3, 0.4) is 0 Å². The van der Waals surface area contributed by atoms with Gasteiger partial charge >= 0.3 is 5.82 Å². The number of thioether (sulfide) groups is 4. The summed E-state index contributed by atoms with van der Waals surface area (Å²) in [7, 11) is 0. The molecular formula is C14N6O4S4. The van der Waals surface area contributed by atoms with E-state index in [1.54, 1.807) is 12.1 Å². The first-order chi connectivity index (χ1) is 13.4. The zero-order valence-electron chi connectivity index (χ0n) is 12.9. The molecule has 0 unspecified atom stereocenters. The standard InChI is InChI=1S/C14N6O4S4/c1-17-12(18-2)14-27-10-6(19(21)22)8-9(7(20(23)24)11(10)28-14)26-13(25-8)5(3-15)4-16. The van der Waals surface area contributed by atoms with Crippen LogP contribution in [0.4, 0.5) is 11.4 Å². The van der Waals surface area contributed by atoms with Gasteiger partial charge in [0, 0.05) is 0 Å². The Morgan fingerprint density at radius 2 is 1.18 bits per heavy atom. The lowest BCUT2D eigenvalue weighted by atomic mass is 10.2. The van der Waals surface area contributed by atoms with Crippen molar-refractivity contribution in [1.82, 2.24) is 0 Å². The van der Waals surface area contributed by atoms with Crippen molar-refractivity contribution in [2.75, 3.05) is 0 Å². The average molecular weight is 444 g/mol. The summed E-state index contributed by atoms with van der Waals surface area (Å²) in [4.78, 5) is 28.1. The molecule has 0 radical (unpaired) electrons. The van der Waals surface area contributed by atoms with Crippen LogP contribution in [0.25, 0.3) is 9.69 Å². The number of nitro benzene ring substituents is 2. The molecule has 0 aromatic heterocycles. The summed E-state index contributed by atoms with van der Waals surface area (Å²) in [5.74, 6) is -0.327. The monoisotopic (exact) mass is 444 g/mol. The number of benzene rings is 1. The van der Waals surface area contributed by atoms with Gasteiger partial charge in [-0.2, -0.15) is 20.2 Å². The Balaban J connectivity index is 2.36. The van der Waals surface area contributed by atoms with Gasteiger partial charge in [-0.15, -0.1) is 0 Å². The average Bonchev–Trinajstić information content (AvgIpc) is 3.25. The molecule has 0 spiro atoms. The molecule has 0 bridgehead atoms. The number of rotatable bonds is 2. The minimum Gasteiger partial charge on any atom is -0.258 e. The highest BCUT2D eigenvalue weighted by Crippen LogP contribution is 2.67. The molecule has 0 amide bonds. The van der Waals surface area contributed by atoms with E-state index in [2.05, 4.69) is 9.69 Å². The normalized spacial score (nSPS) is 13.4. The summed E-state index contributed by atoms with van der Waals surface area (Å²) in [5.41, 5.74) is -1.10. The van der Waals surface area contributed by atoms with Crippen molar-refractivity contribution in [3.8, 4) is 12.1 Å². The summed E-state index contributed by atoms with van der Waals surface area (Å²) in [5, 5.41) is 41.6. The third-order valence-electron chi connectivity index (χ3n) is 3.24. The van der Waals surface area contributed by atoms with E-state index in [4.69, 9.17) is 23.7 Å². The van der Waals surface area contributed by atoms with Gasteiger partial charge in [0.2, 0.25) is 0 Å². The summed E-state index contributed by atoms with van der Waals surface area (Å²) in [6.45, 7) is 14.1. The van der Waals surface area contributed by atoms with Gasteiger partial charge in [0.15, 0.2) is 0 Å². The first kappa shape index (κ1) is 19.6. The number of nitro groups is 2. The third-order valence-corrected chi connectivity index (χ3v) is 8.42. The molecule has 10 nitrogen and oxygen atoms in total. The Kier molecular flexibility index (Phi) is 5.23. The van der Waals surface area contributed by atoms with Gasteiger partial charge in [0.05, 0.1) is 14.1 Å². The maximum atomic E-state index is 11.7. The fourth-order valence-electron chi connectivity index (χ4n) is 2.19. The summed E-state index contributed by atoms with van der Waals surface area (Å²) >= 11 is 3.05. The quantitative estimate of drug-likeness (QED) is 0.261. The van der Waals surface area contributed by atoms with Crippen molar-refractivity contribution in [3.05, 3.63) is 62.9 Å². The first-order valence-electron chi connectivity index (χ1n) is 6.65. The first-order valence-corrected chi connectivity index (χ1v) is 9.92. The Morgan fingerprint density at radius 3 is 1.46 bits per heavy atom. The zero-order valence-corrected chi connectivity index (χ0v) is 16.2. The molecule has 14 heteroatoms. The molecule has 0 aliphatic carbocycles. The van der Waals surface area contributed by atoms with Gasteiger partial charge in [-0.25, -0.2) is 0 Å². The highest BCUT2D eigenvalue weighted by molar-refractivity contribution is 8.26. The maximum absolute atomic E-state index is 11.7. The van der Waals surface area contributed by atoms with Crippen LogP contribution in [0.5, 0.6) is 0 Å². The second kappa shape index (κ2) is 7.47. The fourth-order valence-corrected chi connectivity index (χ4v) is 7.49.